The molecule has 0 amide bonds. The van der Waals surface area contributed by atoms with E-state index in [4.69, 9.17) is 4.42 Å². The van der Waals surface area contributed by atoms with Gasteiger partial charge in [0.25, 0.3) is 0 Å². The van der Waals surface area contributed by atoms with Crippen molar-refractivity contribution >= 4 is 21.9 Å². The van der Waals surface area contributed by atoms with Crippen LogP contribution in [0.3, 0.4) is 0 Å². The van der Waals surface area contributed by atoms with E-state index in [0.29, 0.717) is 0 Å². The van der Waals surface area contributed by atoms with E-state index in [0.717, 1.165) is 17.6 Å². The zero-order valence-electron chi connectivity index (χ0n) is 20.0. The summed E-state index contributed by atoms with van der Waals surface area (Å²) in [7, 11) is 0. The number of benzene rings is 5. The van der Waals surface area contributed by atoms with Crippen molar-refractivity contribution in [2.24, 2.45) is 0 Å². The van der Waals surface area contributed by atoms with Gasteiger partial charge in [-0.1, -0.05) is 98.8 Å². The van der Waals surface area contributed by atoms with Crippen molar-refractivity contribution in [3.63, 3.8) is 0 Å². The molecule has 1 aliphatic carbocycles. The minimum absolute atomic E-state index is 0.0293. The summed E-state index contributed by atoms with van der Waals surface area (Å²) in [5, 5.41) is 2.41. The summed E-state index contributed by atoms with van der Waals surface area (Å²) in [6, 6.07) is 39.5. The quantitative estimate of drug-likeness (QED) is 0.262. The van der Waals surface area contributed by atoms with Crippen LogP contribution < -0.4 is 0 Å². The molecule has 1 heteroatoms. The smallest absolute Gasteiger partial charge is 0.135 e. The molecule has 7 rings (SSSR count). The zero-order valence-corrected chi connectivity index (χ0v) is 20.0. The molecule has 0 N–H and O–H groups in total. The maximum Gasteiger partial charge on any atom is 0.135 e. The first kappa shape index (κ1) is 20.3. The molecule has 0 bridgehead atoms. The van der Waals surface area contributed by atoms with Crippen molar-refractivity contribution < 1.29 is 4.42 Å². The van der Waals surface area contributed by atoms with Crippen LogP contribution in [-0.4, -0.2) is 0 Å². The Balaban J connectivity index is 1.39. The Kier molecular flexibility index (Phi) is 4.32. The average molecular weight is 451 g/mol. The van der Waals surface area contributed by atoms with Crippen LogP contribution in [0.5, 0.6) is 0 Å². The normalized spacial score (nSPS) is 13.8. The fourth-order valence-electron chi connectivity index (χ4n) is 5.94. The molecule has 0 unspecified atom stereocenters. The van der Waals surface area contributed by atoms with Crippen molar-refractivity contribution in [1.29, 1.82) is 0 Å². The second kappa shape index (κ2) is 7.45. The summed E-state index contributed by atoms with van der Waals surface area (Å²) < 4.78 is 6.27. The minimum atomic E-state index is 0.0293. The van der Waals surface area contributed by atoms with Gasteiger partial charge in [0.2, 0.25) is 0 Å². The predicted octanol–water partition coefficient (Wildman–Crippen LogP) is 9.15. The molecule has 168 valence electrons. The SMILES string of the molecule is CC1(C)c2ccccc2-c2cc(-c3ccc4oc5cccc(Cc6ccccc6)c5c4c3)ccc21. The van der Waals surface area contributed by atoms with E-state index < -0.39 is 0 Å². The summed E-state index contributed by atoms with van der Waals surface area (Å²) in [6.45, 7) is 4.66. The van der Waals surface area contributed by atoms with Crippen molar-refractivity contribution in [3.05, 3.63) is 131 Å². The Morgan fingerprint density at radius 3 is 2.23 bits per heavy atom. The highest BCUT2D eigenvalue weighted by Crippen LogP contribution is 2.49. The lowest BCUT2D eigenvalue weighted by atomic mass is 9.82. The first-order valence-corrected chi connectivity index (χ1v) is 12.3. The van der Waals surface area contributed by atoms with Gasteiger partial charge in [-0.25, -0.2) is 0 Å². The summed E-state index contributed by atoms with van der Waals surface area (Å²) in [6.07, 6.45) is 0.891. The van der Waals surface area contributed by atoms with E-state index >= 15 is 0 Å². The van der Waals surface area contributed by atoms with Crippen LogP contribution in [0.2, 0.25) is 0 Å². The van der Waals surface area contributed by atoms with Crippen LogP contribution in [0.1, 0.15) is 36.1 Å². The van der Waals surface area contributed by atoms with Crippen molar-refractivity contribution in [2.75, 3.05) is 0 Å². The van der Waals surface area contributed by atoms with Gasteiger partial charge in [-0.2, -0.15) is 0 Å². The van der Waals surface area contributed by atoms with E-state index in [1.54, 1.807) is 0 Å². The number of fused-ring (bicyclic) bond motifs is 6. The van der Waals surface area contributed by atoms with Crippen LogP contribution in [-0.2, 0) is 11.8 Å². The van der Waals surface area contributed by atoms with Crippen molar-refractivity contribution in [1.82, 2.24) is 0 Å². The van der Waals surface area contributed by atoms with Crippen LogP contribution in [0.15, 0.2) is 114 Å². The number of hydrogen-bond donors (Lipinski definition) is 0. The third kappa shape index (κ3) is 3.08. The first-order chi connectivity index (χ1) is 17.1. The number of hydrogen-bond acceptors (Lipinski definition) is 1. The highest BCUT2D eigenvalue weighted by Gasteiger charge is 2.35. The van der Waals surface area contributed by atoms with Gasteiger partial charge in [0.1, 0.15) is 11.2 Å². The largest absolute Gasteiger partial charge is 0.456 e. The number of rotatable bonds is 3. The lowest BCUT2D eigenvalue weighted by Crippen LogP contribution is -2.14. The zero-order chi connectivity index (χ0) is 23.6. The lowest BCUT2D eigenvalue weighted by molar-refractivity contribution is 0.660. The minimum Gasteiger partial charge on any atom is -0.456 e. The highest BCUT2D eigenvalue weighted by molar-refractivity contribution is 6.08. The van der Waals surface area contributed by atoms with Gasteiger partial charge in [0, 0.05) is 16.2 Å². The monoisotopic (exact) mass is 450 g/mol. The van der Waals surface area contributed by atoms with Crippen LogP contribution in [0, 0.1) is 0 Å². The van der Waals surface area contributed by atoms with Crippen LogP contribution >= 0.6 is 0 Å². The van der Waals surface area contributed by atoms with E-state index in [-0.39, 0.29) is 5.41 Å². The maximum atomic E-state index is 6.27. The molecule has 1 heterocycles. The Bertz CT molecular complexity index is 1730. The second-order valence-electron chi connectivity index (χ2n) is 10.2. The molecule has 35 heavy (non-hydrogen) atoms. The molecule has 0 radical (unpaired) electrons. The molecule has 0 saturated carbocycles. The van der Waals surface area contributed by atoms with Crippen LogP contribution in [0.25, 0.3) is 44.2 Å². The van der Waals surface area contributed by atoms with Gasteiger partial charge in [0.05, 0.1) is 0 Å². The first-order valence-electron chi connectivity index (χ1n) is 12.3. The van der Waals surface area contributed by atoms with Gasteiger partial charge in [-0.3, -0.25) is 0 Å². The Hall–Kier alpha value is -4.10. The molecule has 0 aliphatic heterocycles. The topological polar surface area (TPSA) is 13.1 Å². The standard InChI is InChI=1S/C34H26O/c1-34(2)29-13-7-6-12-26(29)27-20-23(15-17-30(27)34)24-16-18-31-28(21-24)33-25(11-8-14-32(33)35-31)19-22-9-4-3-5-10-22/h3-18,20-21H,19H2,1-2H3. The van der Waals surface area contributed by atoms with Gasteiger partial charge in [0.15, 0.2) is 0 Å². The molecule has 0 fully saturated rings. The summed E-state index contributed by atoms with van der Waals surface area (Å²) in [5.41, 5.74) is 12.5. The van der Waals surface area contributed by atoms with Crippen molar-refractivity contribution in [2.45, 2.75) is 25.7 Å². The van der Waals surface area contributed by atoms with E-state index in [1.165, 1.54) is 55.3 Å². The fourth-order valence-corrected chi connectivity index (χ4v) is 5.94. The number of furan rings is 1. The van der Waals surface area contributed by atoms with Gasteiger partial charge in [-0.05, 0) is 75.2 Å². The van der Waals surface area contributed by atoms with E-state index in [2.05, 4.69) is 123 Å². The predicted molar refractivity (Wildman–Crippen MR) is 146 cm³/mol. The van der Waals surface area contributed by atoms with Crippen LogP contribution in [0.4, 0.5) is 0 Å². The third-order valence-corrected chi connectivity index (χ3v) is 7.74. The van der Waals surface area contributed by atoms with Gasteiger partial charge >= 0.3 is 0 Å². The molecule has 0 spiro atoms. The Morgan fingerprint density at radius 1 is 0.600 bits per heavy atom. The Morgan fingerprint density at radius 2 is 1.34 bits per heavy atom. The maximum absolute atomic E-state index is 6.27. The van der Waals surface area contributed by atoms with Gasteiger partial charge in [-0.15, -0.1) is 0 Å². The summed E-state index contributed by atoms with van der Waals surface area (Å²) in [5.74, 6) is 0. The highest BCUT2D eigenvalue weighted by atomic mass is 16.3. The summed E-state index contributed by atoms with van der Waals surface area (Å²) >= 11 is 0. The molecular formula is C34H26O. The third-order valence-electron chi connectivity index (χ3n) is 7.74. The van der Waals surface area contributed by atoms with Gasteiger partial charge < -0.3 is 4.42 Å². The van der Waals surface area contributed by atoms with Crippen molar-refractivity contribution in [3.8, 4) is 22.3 Å². The molecular weight excluding hydrogens is 424 g/mol. The fraction of sp³-hybridized carbons (Fsp3) is 0.118. The average Bonchev–Trinajstić information content (AvgIpc) is 3.37. The second-order valence-corrected chi connectivity index (χ2v) is 10.2. The molecule has 1 nitrogen and oxygen atoms in total. The lowest BCUT2D eigenvalue weighted by Gasteiger charge is -2.21. The summed E-state index contributed by atoms with van der Waals surface area (Å²) in [4.78, 5) is 0. The molecule has 1 aromatic heterocycles. The molecule has 0 saturated heterocycles. The molecule has 5 aromatic carbocycles. The Labute approximate surface area is 205 Å². The van der Waals surface area contributed by atoms with E-state index in [1.807, 2.05) is 0 Å². The van der Waals surface area contributed by atoms with E-state index in [9.17, 15) is 0 Å². The molecule has 6 aromatic rings. The molecule has 1 aliphatic rings. The molecule has 0 atom stereocenters.